The Balaban J connectivity index is 2.24. The molecule has 3 heteroatoms. The van der Waals surface area contributed by atoms with Crippen molar-refractivity contribution in [2.45, 2.75) is 26.9 Å². The molecular weight excluding hydrogens is 242 g/mol. The van der Waals surface area contributed by atoms with Crippen LogP contribution in [-0.2, 0) is 4.74 Å². The van der Waals surface area contributed by atoms with Crippen molar-refractivity contribution in [1.82, 2.24) is 4.98 Å². The van der Waals surface area contributed by atoms with E-state index in [1.54, 1.807) is 11.3 Å². The molecule has 1 atom stereocenters. The number of hydrogen-bond donors (Lipinski definition) is 0. The van der Waals surface area contributed by atoms with Gasteiger partial charge in [-0.3, -0.25) is 0 Å². The summed E-state index contributed by atoms with van der Waals surface area (Å²) < 4.78 is 5.79. The zero-order valence-corrected chi connectivity index (χ0v) is 11.9. The molecule has 2 aromatic rings. The number of nitrogens with zero attached hydrogens (tertiary/aromatic N) is 1. The fourth-order valence-electron chi connectivity index (χ4n) is 1.89. The quantitative estimate of drug-likeness (QED) is 0.788. The molecule has 18 heavy (non-hydrogen) atoms. The van der Waals surface area contributed by atoms with Gasteiger partial charge in [0, 0.05) is 17.6 Å². The summed E-state index contributed by atoms with van der Waals surface area (Å²) >= 11 is 1.68. The van der Waals surface area contributed by atoms with Crippen molar-refractivity contribution in [3.63, 3.8) is 0 Å². The van der Waals surface area contributed by atoms with Crippen molar-refractivity contribution in [2.75, 3.05) is 6.61 Å². The van der Waals surface area contributed by atoms with Crippen molar-refractivity contribution in [2.24, 2.45) is 5.92 Å². The van der Waals surface area contributed by atoms with E-state index in [9.17, 15) is 0 Å². The van der Waals surface area contributed by atoms with Crippen molar-refractivity contribution in [3.05, 3.63) is 40.7 Å². The first-order chi connectivity index (χ1) is 8.72. The molecule has 0 fully saturated rings. The molecule has 1 heterocycles. The Bertz CT molecular complexity index is 478. The number of rotatable bonds is 5. The number of benzene rings is 1. The Morgan fingerprint density at radius 3 is 2.56 bits per heavy atom. The third-order valence-electron chi connectivity index (χ3n) is 2.79. The predicted octanol–water partition coefficient (Wildman–Crippen LogP) is 4.54. The average Bonchev–Trinajstić information content (AvgIpc) is 2.86. The van der Waals surface area contributed by atoms with Crippen LogP contribution in [0.15, 0.2) is 35.7 Å². The highest BCUT2D eigenvalue weighted by molar-refractivity contribution is 7.10. The lowest BCUT2D eigenvalue weighted by Crippen LogP contribution is -2.10. The SMILES string of the molecule is CCOC(c1nc(-c2ccccc2)cs1)C(C)C. The smallest absolute Gasteiger partial charge is 0.122 e. The van der Waals surface area contributed by atoms with Gasteiger partial charge < -0.3 is 4.74 Å². The molecule has 0 spiro atoms. The molecule has 0 saturated carbocycles. The number of ether oxygens (including phenoxy) is 1. The third-order valence-corrected chi connectivity index (χ3v) is 3.69. The van der Waals surface area contributed by atoms with Crippen LogP contribution in [0.25, 0.3) is 11.3 Å². The normalized spacial score (nSPS) is 12.9. The summed E-state index contributed by atoms with van der Waals surface area (Å²) in [5, 5.41) is 3.18. The van der Waals surface area contributed by atoms with Crippen LogP contribution in [0.3, 0.4) is 0 Å². The zero-order valence-electron chi connectivity index (χ0n) is 11.1. The fourth-order valence-corrected chi connectivity index (χ4v) is 2.93. The average molecular weight is 261 g/mol. The van der Waals surface area contributed by atoms with Gasteiger partial charge >= 0.3 is 0 Å². The lowest BCUT2D eigenvalue weighted by atomic mass is 10.1. The Kier molecular flexibility index (Phi) is 4.50. The molecule has 1 aromatic heterocycles. The maximum atomic E-state index is 5.79. The van der Waals surface area contributed by atoms with Gasteiger partial charge in [-0.15, -0.1) is 11.3 Å². The Labute approximate surface area is 113 Å². The molecular formula is C15H19NOS. The first-order valence-electron chi connectivity index (χ1n) is 6.34. The molecule has 0 saturated heterocycles. The predicted molar refractivity (Wildman–Crippen MR) is 76.8 cm³/mol. The van der Waals surface area contributed by atoms with Crippen LogP contribution in [-0.4, -0.2) is 11.6 Å². The van der Waals surface area contributed by atoms with Gasteiger partial charge in [0.2, 0.25) is 0 Å². The summed E-state index contributed by atoms with van der Waals surface area (Å²) in [5.74, 6) is 0.444. The lowest BCUT2D eigenvalue weighted by Gasteiger charge is -2.18. The number of hydrogen-bond acceptors (Lipinski definition) is 3. The molecule has 96 valence electrons. The highest BCUT2D eigenvalue weighted by Gasteiger charge is 2.19. The van der Waals surface area contributed by atoms with Gasteiger partial charge in [0.15, 0.2) is 0 Å². The zero-order chi connectivity index (χ0) is 13.0. The second-order valence-electron chi connectivity index (χ2n) is 4.56. The highest BCUT2D eigenvalue weighted by atomic mass is 32.1. The molecule has 1 unspecified atom stereocenters. The van der Waals surface area contributed by atoms with E-state index >= 15 is 0 Å². The van der Waals surface area contributed by atoms with Gasteiger partial charge in [-0.05, 0) is 12.8 Å². The van der Waals surface area contributed by atoms with Crippen molar-refractivity contribution in [3.8, 4) is 11.3 Å². The van der Waals surface area contributed by atoms with Gasteiger partial charge in [-0.2, -0.15) is 0 Å². The summed E-state index contributed by atoms with van der Waals surface area (Å²) in [6.45, 7) is 7.10. The first-order valence-corrected chi connectivity index (χ1v) is 7.22. The molecule has 0 radical (unpaired) electrons. The summed E-state index contributed by atoms with van der Waals surface area (Å²) in [7, 11) is 0. The minimum atomic E-state index is 0.109. The van der Waals surface area contributed by atoms with Gasteiger partial charge in [0.05, 0.1) is 5.69 Å². The molecule has 0 N–H and O–H groups in total. The summed E-state index contributed by atoms with van der Waals surface area (Å²) in [6, 6.07) is 10.3. The van der Waals surface area contributed by atoms with E-state index in [0.717, 1.165) is 17.3 Å². The van der Waals surface area contributed by atoms with Crippen LogP contribution in [0.5, 0.6) is 0 Å². The maximum Gasteiger partial charge on any atom is 0.122 e. The van der Waals surface area contributed by atoms with Gasteiger partial charge in [0.1, 0.15) is 11.1 Å². The monoisotopic (exact) mass is 261 g/mol. The Hall–Kier alpha value is -1.19. The van der Waals surface area contributed by atoms with Crippen LogP contribution < -0.4 is 0 Å². The molecule has 0 aliphatic heterocycles. The highest BCUT2D eigenvalue weighted by Crippen LogP contribution is 2.31. The largest absolute Gasteiger partial charge is 0.371 e. The standard InChI is InChI=1S/C15H19NOS/c1-4-17-14(11(2)3)15-16-13(10-18-15)12-8-6-5-7-9-12/h5-11,14H,4H2,1-3H3. The second-order valence-corrected chi connectivity index (χ2v) is 5.45. The summed E-state index contributed by atoms with van der Waals surface area (Å²) in [6.07, 6.45) is 0.109. The maximum absolute atomic E-state index is 5.79. The Morgan fingerprint density at radius 1 is 1.22 bits per heavy atom. The van der Waals surface area contributed by atoms with Crippen molar-refractivity contribution >= 4 is 11.3 Å². The van der Waals surface area contributed by atoms with E-state index in [1.165, 1.54) is 5.56 Å². The van der Waals surface area contributed by atoms with Gasteiger partial charge in [-0.25, -0.2) is 4.98 Å². The van der Waals surface area contributed by atoms with Gasteiger partial charge in [0.25, 0.3) is 0 Å². The van der Waals surface area contributed by atoms with E-state index in [1.807, 2.05) is 25.1 Å². The molecule has 2 rings (SSSR count). The van der Waals surface area contributed by atoms with E-state index in [-0.39, 0.29) is 6.10 Å². The fraction of sp³-hybridized carbons (Fsp3) is 0.400. The number of thiazole rings is 1. The van der Waals surface area contributed by atoms with Crippen LogP contribution >= 0.6 is 11.3 Å². The van der Waals surface area contributed by atoms with E-state index < -0.39 is 0 Å². The summed E-state index contributed by atoms with van der Waals surface area (Å²) in [4.78, 5) is 4.71. The topological polar surface area (TPSA) is 22.1 Å². The molecule has 0 aliphatic carbocycles. The van der Waals surface area contributed by atoms with Crippen LogP contribution in [0.1, 0.15) is 31.9 Å². The Morgan fingerprint density at radius 2 is 1.94 bits per heavy atom. The van der Waals surface area contributed by atoms with Crippen molar-refractivity contribution in [1.29, 1.82) is 0 Å². The third kappa shape index (κ3) is 2.98. The van der Waals surface area contributed by atoms with Crippen LogP contribution in [0.4, 0.5) is 0 Å². The molecule has 1 aromatic carbocycles. The van der Waals surface area contributed by atoms with E-state index in [4.69, 9.17) is 9.72 Å². The minimum absolute atomic E-state index is 0.109. The summed E-state index contributed by atoms with van der Waals surface area (Å²) in [5.41, 5.74) is 2.21. The van der Waals surface area contributed by atoms with Gasteiger partial charge in [-0.1, -0.05) is 44.2 Å². The second kappa shape index (κ2) is 6.12. The van der Waals surface area contributed by atoms with Crippen LogP contribution in [0.2, 0.25) is 0 Å². The van der Waals surface area contributed by atoms with E-state index in [2.05, 4.69) is 31.4 Å². The lowest BCUT2D eigenvalue weighted by molar-refractivity contribution is 0.0293. The van der Waals surface area contributed by atoms with E-state index in [0.29, 0.717) is 5.92 Å². The molecule has 2 nitrogen and oxygen atoms in total. The first kappa shape index (κ1) is 13.2. The molecule has 0 amide bonds. The molecule has 0 bridgehead atoms. The number of aromatic nitrogens is 1. The minimum Gasteiger partial charge on any atom is -0.371 e. The van der Waals surface area contributed by atoms with Crippen LogP contribution in [0, 0.1) is 5.92 Å². The molecule has 0 aliphatic rings. The van der Waals surface area contributed by atoms with Crippen molar-refractivity contribution < 1.29 is 4.74 Å².